The number of rotatable bonds is 5. The highest BCUT2D eigenvalue weighted by Crippen LogP contribution is 2.24. The van der Waals surface area contributed by atoms with Crippen LogP contribution in [0.15, 0.2) is 35.6 Å². The number of amides is 1. The van der Waals surface area contributed by atoms with Crippen molar-refractivity contribution in [1.29, 1.82) is 0 Å². The molecule has 1 heterocycles. The molecule has 0 saturated carbocycles. The summed E-state index contributed by atoms with van der Waals surface area (Å²) in [4.78, 5) is 21.9. The van der Waals surface area contributed by atoms with E-state index in [0.717, 1.165) is 0 Å². The van der Waals surface area contributed by atoms with Gasteiger partial charge in [0.25, 0.3) is 0 Å². The lowest BCUT2D eigenvalue weighted by Crippen LogP contribution is -2.30. The van der Waals surface area contributed by atoms with Gasteiger partial charge in [0.1, 0.15) is 10.9 Å². The zero-order chi connectivity index (χ0) is 16.8. The van der Waals surface area contributed by atoms with E-state index < -0.39 is 6.09 Å². The summed E-state index contributed by atoms with van der Waals surface area (Å²) >= 11 is 7.57. The minimum atomic E-state index is -0.500. The molecule has 0 aliphatic heterocycles. The lowest BCUT2D eigenvalue weighted by atomic mass is 10.2. The summed E-state index contributed by atoms with van der Waals surface area (Å²) in [5, 5.41) is 0.889. The molecule has 0 aliphatic carbocycles. The fourth-order valence-corrected chi connectivity index (χ4v) is 2.46. The molecule has 0 atom stereocenters. The van der Waals surface area contributed by atoms with Crippen LogP contribution in [0.1, 0.15) is 5.56 Å². The third-order valence-electron chi connectivity index (χ3n) is 3.08. The van der Waals surface area contributed by atoms with Crippen LogP contribution in [0.25, 0.3) is 0 Å². The van der Waals surface area contributed by atoms with Crippen molar-refractivity contribution >= 4 is 35.1 Å². The van der Waals surface area contributed by atoms with E-state index in [1.807, 2.05) is 6.26 Å². The maximum atomic E-state index is 12.1. The van der Waals surface area contributed by atoms with Gasteiger partial charge >= 0.3 is 6.09 Å². The molecule has 0 saturated heterocycles. The van der Waals surface area contributed by atoms with E-state index in [0.29, 0.717) is 27.3 Å². The first kappa shape index (κ1) is 17.4. The molecule has 1 amide bonds. The van der Waals surface area contributed by atoms with Crippen LogP contribution in [0, 0.1) is 0 Å². The van der Waals surface area contributed by atoms with Crippen molar-refractivity contribution in [3.63, 3.8) is 0 Å². The highest BCUT2D eigenvalue weighted by molar-refractivity contribution is 7.98. The highest BCUT2D eigenvalue weighted by Gasteiger charge is 2.19. The van der Waals surface area contributed by atoms with Gasteiger partial charge in [-0.2, -0.15) is 0 Å². The first-order valence-corrected chi connectivity index (χ1v) is 8.24. The summed E-state index contributed by atoms with van der Waals surface area (Å²) in [6.07, 6.45) is 2.98. The van der Waals surface area contributed by atoms with Gasteiger partial charge in [0.15, 0.2) is 5.16 Å². The number of anilines is 1. The van der Waals surface area contributed by atoms with Crippen LogP contribution in [-0.2, 0) is 11.3 Å². The van der Waals surface area contributed by atoms with Gasteiger partial charge in [-0.25, -0.2) is 14.8 Å². The lowest BCUT2D eigenvalue weighted by molar-refractivity contribution is 0.178. The normalized spacial score (nSPS) is 10.3. The Morgan fingerprint density at radius 1 is 1.30 bits per heavy atom. The lowest BCUT2D eigenvalue weighted by Gasteiger charge is -2.21. The average Bonchev–Trinajstić information content (AvgIpc) is 2.60. The molecule has 0 radical (unpaired) electrons. The van der Waals surface area contributed by atoms with Crippen LogP contribution in [0.3, 0.4) is 0 Å². The van der Waals surface area contributed by atoms with Crippen molar-refractivity contribution in [2.45, 2.75) is 11.7 Å². The second-order valence-electron chi connectivity index (χ2n) is 4.43. The number of hydrogen-bond donors (Lipinski definition) is 0. The molecule has 0 N–H and O–H groups in total. The molecule has 1 aromatic carbocycles. The SMILES string of the molecule is COC(=O)N(Cc1cnc(SC)nc1Cl)c1ccc(OC)cc1. The number of carbonyl (C=O) groups is 1. The summed E-state index contributed by atoms with van der Waals surface area (Å²) in [6.45, 7) is 0.201. The van der Waals surface area contributed by atoms with Crippen molar-refractivity contribution in [2.24, 2.45) is 0 Å². The molecule has 0 aliphatic rings. The minimum absolute atomic E-state index is 0.201. The number of nitrogens with zero attached hydrogens (tertiary/aromatic N) is 3. The van der Waals surface area contributed by atoms with E-state index in [2.05, 4.69) is 9.97 Å². The number of carbonyl (C=O) groups excluding carboxylic acids is 1. The third kappa shape index (κ3) is 4.27. The topological polar surface area (TPSA) is 64.5 Å². The molecule has 0 unspecified atom stereocenters. The van der Waals surface area contributed by atoms with Crippen molar-refractivity contribution in [1.82, 2.24) is 9.97 Å². The molecule has 23 heavy (non-hydrogen) atoms. The van der Waals surface area contributed by atoms with E-state index >= 15 is 0 Å². The largest absolute Gasteiger partial charge is 0.497 e. The fourth-order valence-electron chi connectivity index (χ4n) is 1.88. The first-order chi connectivity index (χ1) is 11.1. The Morgan fingerprint density at radius 2 is 2.00 bits per heavy atom. The van der Waals surface area contributed by atoms with E-state index in [4.69, 9.17) is 21.1 Å². The van der Waals surface area contributed by atoms with Gasteiger partial charge in [-0.05, 0) is 30.5 Å². The maximum absolute atomic E-state index is 12.1. The molecule has 2 aromatic rings. The number of methoxy groups -OCH3 is 2. The monoisotopic (exact) mass is 353 g/mol. The van der Waals surface area contributed by atoms with Gasteiger partial charge in [-0.1, -0.05) is 23.4 Å². The number of thioether (sulfide) groups is 1. The van der Waals surface area contributed by atoms with Gasteiger partial charge in [-0.3, -0.25) is 4.90 Å². The molecular formula is C15H16ClN3O3S. The number of ether oxygens (including phenoxy) is 2. The summed E-state index contributed by atoms with van der Waals surface area (Å²) in [5.41, 5.74) is 1.29. The van der Waals surface area contributed by atoms with Crippen molar-refractivity contribution in [2.75, 3.05) is 25.4 Å². The molecule has 6 nitrogen and oxygen atoms in total. The van der Waals surface area contributed by atoms with Gasteiger partial charge in [0, 0.05) is 17.4 Å². The zero-order valence-electron chi connectivity index (χ0n) is 12.9. The Morgan fingerprint density at radius 3 is 2.52 bits per heavy atom. The van der Waals surface area contributed by atoms with Crippen LogP contribution in [0.5, 0.6) is 5.75 Å². The number of benzene rings is 1. The van der Waals surface area contributed by atoms with Crippen LogP contribution in [0.4, 0.5) is 10.5 Å². The Kier molecular flexibility index (Phi) is 6.06. The summed E-state index contributed by atoms with van der Waals surface area (Å²) in [7, 11) is 2.91. The fraction of sp³-hybridized carbons (Fsp3) is 0.267. The quantitative estimate of drug-likeness (QED) is 0.464. The molecular weight excluding hydrogens is 338 g/mol. The van der Waals surface area contributed by atoms with Crippen molar-refractivity contribution in [3.05, 3.63) is 41.2 Å². The van der Waals surface area contributed by atoms with Gasteiger partial charge in [0.05, 0.1) is 20.8 Å². The number of aromatic nitrogens is 2. The molecule has 122 valence electrons. The number of halogens is 1. The second-order valence-corrected chi connectivity index (χ2v) is 5.56. The summed E-state index contributed by atoms with van der Waals surface area (Å²) in [5.74, 6) is 0.698. The Bertz CT molecular complexity index is 682. The molecule has 2 rings (SSSR count). The van der Waals surface area contributed by atoms with Gasteiger partial charge in [0.2, 0.25) is 0 Å². The van der Waals surface area contributed by atoms with E-state index in [1.54, 1.807) is 37.6 Å². The third-order valence-corrected chi connectivity index (χ3v) is 3.97. The average molecular weight is 354 g/mol. The Hall–Kier alpha value is -1.99. The predicted molar refractivity (Wildman–Crippen MR) is 90.4 cm³/mol. The molecule has 8 heteroatoms. The summed E-state index contributed by atoms with van der Waals surface area (Å²) < 4.78 is 9.97. The van der Waals surface area contributed by atoms with Crippen molar-refractivity contribution in [3.8, 4) is 5.75 Å². The molecule has 0 spiro atoms. The molecule has 1 aromatic heterocycles. The van der Waals surface area contributed by atoms with Crippen molar-refractivity contribution < 1.29 is 14.3 Å². The van der Waals surface area contributed by atoms with E-state index in [1.165, 1.54) is 23.8 Å². The standard InChI is InChI=1S/C15H16ClN3O3S/c1-21-12-6-4-11(5-7-12)19(15(20)22-2)9-10-8-17-14(23-3)18-13(10)16/h4-8H,9H2,1-3H3. The van der Waals surface area contributed by atoms with Crippen LogP contribution >= 0.6 is 23.4 Å². The zero-order valence-corrected chi connectivity index (χ0v) is 14.5. The van der Waals surface area contributed by atoms with Gasteiger partial charge in [-0.15, -0.1) is 0 Å². The smallest absolute Gasteiger partial charge is 0.414 e. The number of hydrogen-bond acceptors (Lipinski definition) is 6. The minimum Gasteiger partial charge on any atom is -0.497 e. The Balaban J connectivity index is 2.30. The predicted octanol–water partition coefficient (Wildman–Crippen LogP) is 3.63. The van der Waals surface area contributed by atoms with Crippen LogP contribution in [0.2, 0.25) is 5.15 Å². The van der Waals surface area contributed by atoms with E-state index in [9.17, 15) is 4.79 Å². The van der Waals surface area contributed by atoms with Crippen LogP contribution < -0.4 is 9.64 Å². The first-order valence-electron chi connectivity index (χ1n) is 6.64. The Labute approximate surface area is 143 Å². The molecule has 0 bridgehead atoms. The van der Waals surface area contributed by atoms with Gasteiger partial charge < -0.3 is 9.47 Å². The summed E-state index contributed by atoms with van der Waals surface area (Å²) in [6, 6.07) is 7.06. The maximum Gasteiger partial charge on any atom is 0.414 e. The van der Waals surface area contributed by atoms with Crippen LogP contribution in [-0.4, -0.2) is 36.5 Å². The highest BCUT2D eigenvalue weighted by atomic mass is 35.5. The second kappa shape index (κ2) is 8.03. The molecule has 0 fully saturated rings. The van der Waals surface area contributed by atoms with E-state index in [-0.39, 0.29) is 6.54 Å².